The minimum absolute atomic E-state index is 0.472. The van der Waals surface area contributed by atoms with Gasteiger partial charge in [0, 0.05) is 22.2 Å². The number of fused-ring (bicyclic) bond motifs is 2. The Labute approximate surface area is 164 Å². The van der Waals surface area contributed by atoms with Gasteiger partial charge in [-0.15, -0.1) is 0 Å². The molecule has 0 unspecified atom stereocenters. The molecular weight excluding hydrogens is 534 g/mol. The molecule has 0 radical (unpaired) electrons. The Morgan fingerprint density at radius 3 is 1.36 bits per heavy atom. The van der Waals surface area contributed by atoms with Crippen molar-refractivity contribution in [2.24, 2.45) is 0 Å². The number of rotatable bonds is 0. The van der Waals surface area contributed by atoms with Gasteiger partial charge < -0.3 is 0 Å². The van der Waals surface area contributed by atoms with Gasteiger partial charge in [-0.3, -0.25) is 9.97 Å². The van der Waals surface area contributed by atoms with Crippen LogP contribution in [0.3, 0.4) is 0 Å². The van der Waals surface area contributed by atoms with Crippen LogP contribution in [0.15, 0.2) is 72.8 Å². The number of hydrogen-bond acceptors (Lipinski definition) is 2. The summed E-state index contributed by atoms with van der Waals surface area (Å²) in [5.41, 5.74) is 4.30. The first-order valence-corrected chi connectivity index (χ1v) is 13.2. The van der Waals surface area contributed by atoms with Crippen LogP contribution in [0.25, 0.3) is 21.8 Å². The van der Waals surface area contributed by atoms with Gasteiger partial charge in [-0.25, -0.2) is 0 Å². The predicted octanol–water partition coefficient (Wildman–Crippen LogP) is 6.46. The second kappa shape index (κ2) is 10.5. The number of hydrogen-bond donors (Lipinski definition) is 0. The van der Waals surface area contributed by atoms with Crippen molar-refractivity contribution in [1.29, 1.82) is 0 Å². The van der Waals surface area contributed by atoms with E-state index in [1.165, 1.54) is 10.8 Å². The quantitative estimate of drug-likeness (QED) is 0.250. The van der Waals surface area contributed by atoms with Crippen molar-refractivity contribution in [3.63, 3.8) is 0 Å². The second-order valence-corrected chi connectivity index (χ2v) is 8.62. The number of para-hydroxylation sites is 2. The molecule has 4 aromatic rings. The summed E-state index contributed by atoms with van der Waals surface area (Å²) in [6.45, 7) is 4.01. The van der Waals surface area contributed by atoms with Crippen molar-refractivity contribution in [1.82, 2.24) is 9.97 Å². The Morgan fingerprint density at radius 1 is 0.600 bits per heavy atom. The zero-order valence-corrected chi connectivity index (χ0v) is 17.7. The number of aryl methyl sites for hydroxylation is 2. The van der Waals surface area contributed by atoms with Crippen molar-refractivity contribution in [3.8, 4) is 0 Å². The molecule has 2 aromatic heterocycles. The monoisotopic (exact) mass is 551 g/mol. The molecule has 2 aromatic carbocycles. The molecule has 0 fully saturated rings. The first-order chi connectivity index (χ1) is 12.1. The fraction of sp³-hybridized carbons (Fsp3) is 0.100. The molecule has 25 heavy (non-hydrogen) atoms. The van der Waals surface area contributed by atoms with Crippen LogP contribution in [0.5, 0.6) is 0 Å². The second-order valence-electron chi connectivity index (χ2n) is 5.34. The van der Waals surface area contributed by atoms with Gasteiger partial charge in [0.05, 0.1) is 11.0 Å². The number of halogens is 2. The van der Waals surface area contributed by atoms with Gasteiger partial charge in [-0.1, -0.05) is 48.5 Å². The number of nitrogens with zero attached hydrogens (tertiary/aromatic N) is 2. The first-order valence-electron chi connectivity index (χ1n) is 7.61. The topological polar surface area (TPSA) is 25.8 Å². The van der Waals surface area contributed by atoms with E-state index < -0.39 is 16.5 Å². The van der Waals surface area contributed by atoms with E-state index in [0.717, 1.165) is 22.4 Å². The van der Waals surface area contributed by atoms with Crippen molar-refractivity contribution in [2.75, 3.05) is 0 Å². The molecule has 2 heterocycles. The molecule has 0 spiro atoms. The van der Waals surface area contributed by atoms with Gasteiger partial charge in [0.2, 0.25) is 0 Å². The van der Waals surface area contributed by atoms with Crippen LogP contribution in [0.1, 0.15) is 11.4 Å². The summed E-state index contributed by atoms with van der Waals surface area (Å²) in [6.07, 6.45) is 0. The Morgan fingerprint density at radius 2 is 0.960 bits per heavy atom. The summed E-state index contributed by atoms with van der Waals surface area (Å²) in [5, 5.41) is 2.41. The molecule has 0 aliphatic carbocycles. The summed E-state index contributed by atoms with van der Waals surface area (Å²) < 4.78 is 0. The average molecular weight is 552 g/mol. The van der Waals surface area contributed by atoms with E-state index in [2.05, 4.69) is 34.2 Å². The van der Waals surface area contributed by atoms with E-state index in [-0.39, 0.29) is 0 Å². The maximum atomic E-state index is 4.88. The SMILES string of the molecule is Cc1ccc2ccccc2n1.Cc1ccc2ccccc2n1.[Cl][Pt][Cl]. The number of benzene rings is 2. The molecule has 0 N–H and O–H groups in total. The van der Waals surface area contributed by atoms with E-state index in [1.807, 2.05) is 62.4 Å². The van der Waals surface area contributed by atoms with Crippen LogP contribution < -0.4 is 0 Å². The van der Waals surface area contributed by atoms with Crippen LogP contribution in [0, 0.1) is 13.8 Å². The Balaban J connectivity index is 0.000000156. The first kappa shape index (κ1) is 19.8. The molecule has 0 aliphatic rings. The van der Waals surface area contributed by atoms with Crippen LogP contribution in [-0.4, -0.2) is 9.97 Å². The fourth-order valence-corrected chi connectivity index (χ4v) is 2.34. The molecule has 0 amide bonds. The average Bonchev–Trinajstić information content (AvgIpc) is 2.63. The molecule has 0 aliphatic heterocycles. The van der Waals surface area contributed by atoms with Gasteiger partial charge in [0.15, 0.2) is 0 Å². The molecule has 132 valence electrons. The zero-order valence-electron chi connectivity index (χ0n) is 13.9. The van der Waals surface area contributed by atoms with Gasteiger partial charge in [0.1, 0.15) is 0 Å². The molecule has 4 rings (SSSR count). The Bertz CT molecular complexity index is 867. The molecule has 0 bridgehead atoms. The summed E-state index contributed by atoms with van der Waals surface area (Å²) >= 11 is -0.472. The molecular formula is C20H18Cl2N2Pt. The molecule has 2 nitrogen and oxygen atoms in total. The third-order valence-corrected chi connectivity index (χ3v) is 3.48. The van der Waals surface area contributed by atoms with Crippen molar-refractivity contribution >= 4 is 40.6 Å². The zero-order chi connectivity index (χ0) is 18.1. The van der Waals surface area contributed by atoms with Gasteiger partial charge in [-0.2, -0.15) is 0 Å². The minimum atomic E-state index is -0.472. The summed E-state index contributed by atoms with van der Waals surface area (Å²) in [7, 11) is 9.75. The van der Waals surface area contributed by atoms with E-state index in [9.17, 15) is 0 Å². The van der Waals surface area contributed by atoms with E-state index in [1.54, 1.807) is 0 Å². The van der Waals surface area contributed by atoms with E-state index in [0.29, 0.717) is 0 Å². The standard InChI is InChI=1S/2C10H9N.2ClH.Pt/c2*1-8-6-7-9-4-2-3-5-10(9)11-8;;;/h2*2-7H,1H3;2*1H;/q;;;;+2/p-2. The molecule has 0 saturated carbocycles. The predicted molar refractivity (Wildman–Crippen MR) is 105 cm³/mol. The summed E-state index contributed by atoms with van der Waals surface area (Å²) in [4.78, 5) is 8.75. The third kappa shape index (κ3) is 6.40. The molecule has 0 atom stereocenters. The summed E-state index contributed by atoms with van der Waals surface area (Å²) in [5.74, 6) is 0. The van der Waals surface area contributed by atoms with E-state index >= 15 is 0 Å². The fourth-order valence-electron chi connectivity index (χ4n) is 2.34. The van der Waals surface area contributed by atoms with Gasteiger partial charge in [0.25, 0.3) is 0 Å². The van der Waals surface area contributed by atoms with Crippen molar-refractivity contribution in [2.45, 2.75) is 13.8 Å². The number of pyridine rings is 2. The third-order valence-electron chi connectivity index (χ3n) is 3.48. The van der Waals surface area contributed by atoms with Gasteiger partial charge in [-0.05, 0) is 38.1 Å². The normalized spacial score (nSPS) is 9.92. The summed E-state index contributed by atoms with van der Waals surface area (Å²) in [6, 6.07) is 24.5. The maximum absolute atomic E-state index is 4.88. The Kier molecular flexibility index (Phi) is 8.34. The van der Waals surface area contributed by atoms with Crippen molar-refractivity contribution < 1.29 is 16.5 Å². The molecule has 0 saturated heterocycles. The van der Waals surface area contributed by atoms with Crippen LogP contribution in [-0.2, 0) is 16.5 Å². The van der Waals surface area contributed by atoms with Gasteiger partial charge >= 0.3 is 35.3 Å². The van der Waals surface area contributed by atoms with Crippen LogP contribution in [0.2, 0.25) is 0 Å². The Hall–Kier alpha value is -1.47. The van der Waals surface area contributed by atoms with Crippen LogP contribution >= 0.6 is 18.8 Å². The van der Waals surface area contributed by atoms with E-state index in [4.69, 9.17) is 18.8 Å². The number of aromatic nitrogens is 2. The van der Waals surface area contributed by atoms with Crippen molar-refractivity contribution in [3.05, 3.63) is 84.2 Å². The molecule has 5 heteroatoms. The van der Waals surface area contributed by atoms with Crippen LogP contribution in [0.4, 0.5) is 0 Å².